The van der Waals surface area contributed by atoms with Gasteiger partial charge in [-0.25, -0.2) is 9.50 Å². The van der Waals surface area contributed by atoms with Crippen LogP contribution >= 0.6 is 11.8 Å². The molecule has 9 nitrogen and oxygen atoms in total. The normalized spacial score (nSPS) is 11.2. The first-order valence-corrected chi connectivity index (χ1v) is 10.6. The Morgan fingerprint density at radius 3 is 2.63 bits per heavy atom. The fraction of sp³-hybridized carbons (Fsp3) is 0.300. The highest BCUT2D eigenvalue weighted by molar-refractivity contribution is 7.98. The summed E-state index contributed by atoms with van der Waals surface area (Å²) in [6, 6.07) is 8.04. The molecule has 3 N–H and O–H groups in total. The number of hydrogen-bond donors (Lipinski definition) is 2. The summed E-state index contributed by atoms with van der Waals surface area (Å²) < 4.78 is 1.76. The number of hydrogen-bond acceptors (Lipinski definition) is 9. The molecule has 0 aliphatic rings. The van der Waals surface area contributed by atoms with Gasteiger partial charge in [-0.3, -0.25) is 0 Å². The molecule has 4 aromatic rings. The molecule has 154 valence electrons. The van der Waals surface area contributed by atoms with E-state index in [1.807, 2.05) is 39.0 Å². The molecule has 10 heteroatoms. The summed E-state index contributed by atoms with van der Waals surface area (Å²) in [6.45, 7) is 8.12. The highest BCUT2D eigenvalue weighted by Crippen LogP contribution is 2.23. The Hall–Kier alpha value is -3.27. The summed E-state index contributed by atoms with van der Waals surface area (Å²) in [6.07, 6.45) is 0.901. The van der Waals surface area contributed by atoms with Crippen molar-refractivity contribution in [3.63, 3.8) is 0 Å². The van der Waals surface area contributed by atoms with Gasteiger partial charge in [-0.1, -0.05) is 36.9 Å². The number of aryl methyl sites for hydroxylation is 3. The molecule has 30 heavy (non-hydrogen) atoms. The van der Waals surface area contributed by atoms with E-state index in [0.29, 0.717) is 28.5 Å². The molecule has 0 aliphatic heterocycles. The second kappa shape index (κ2) is 8.23. The lowest BCUT2D eigenvalue weighted by atomic mass is 10.1. The van der Waals surface area contributed by atoms with Gasteiger partial charge in [0, 0.05) is 17.1 Å². The molecule has 0 amide bonds. The van der Waals surface area contributed by atoms with Crippen molar-refractivity contribution in [3.05, 3.63) is 52.6 Å². The molecule has 0 unspecified atom stereocenters. The summed E-state index contributed by atoms with van der Waals surface area (Å²) in [7, 11) is 0. The summed E-state index contributed by atoms with van der Waals surface area (Å²) in [5.41, 5.74) is 11.1. The van der Waals surface area contributed by atoms with Crippen LogP contribution < -0.4 is 11.1 Å². The maximum atomic E-state index is 5.91. The minimum Gasteiger partial charge on any atom is -0.368 e. The first-order valence-electron chi connectivity index (χ1n) is 9.63. The van der Waals surface area contributed by atoms with Crippen molar-refractivity contribution in [2.75, 3.05) is 11.1 Å². The molecule has 0 aliphatic carbocycles. The predicted octanol–water partition coefficient (Wildman–Crippen LogP) is 3.42. The molecule has 0 atom stereocenters. The van der Waals surface area contributed by atoms with Crippen molar-refractivity contribution in [1.29, 1.82) is 0 Å². The minimum atomic E-state index is 0.170. The average Bonchev–Trinajstić information content (AvgIpc) is 3.13. The first-order chi connectivity index (χ1) is 14.4. The third-order valence-electron chi connectivity index (χ3n) is 4.92. The maximum Gasteiger partial charge on any atom is 0.253 e. The van der Waals surface area contributed by atoms with E-state index >= 15 is 0 Å². The number of fused-ring (bicyclic) bond motifs is 1. The summed E-state index contributed by atoms with van der Waals surface area (Å²) in [5, 5.41) is 8.41. The lowest BCUT2D eigenvalue weighted by Crippen LogP contribution is -2.07. The molecular formula is C20H23N9S. The number of rotatable bonds is 6. The molecule has 3 heterocycles. The molecule has 0 saturated heterocycles. The number of para-hydroxylation sites is 1. The molecule has 0 radical (unpaired) electrons. The molecular weight excluding hydrogens is 398 g/mol. The SMILES string of the molecule is CCc1ccccc1Nc1nc(N)nc(CSc2nc3nc(C)c(C)c(C)n3n2)n1. The monoisotopic (exact) mass is 421 g/mol. The van der Waals surface area contributed by atoms with Gasteiger partial charge in [0.2, 0.25) is 17.1 Å². The zero-order chi connectivity index (χ0) is 21.3. The standard InChI is InChI=1S/C20H23N9S/c1-5-14-8-6-7-9-15(14)23-18-25-16(24-17(21)26-18)10-30-20-27-19-22-12(3)11(2)13(4)29(19)28-20/h6-9H,5,10H2,1-4H3,(H3,21,23,24,25,26). The van der Waals surface area contributed by atoms with E-state index in [0.717, 1.165) is 29.1 Å². The van der Waals surface area contributed by atoms with E-state index in [-0.39, 0.29) is 5.95 Å². The van der Waals surface area contributed by atoms with Crippen molar-refractivity contribution in [3.8, 4) is 0 Å². The number of benzene rings is 1. The van der Waals surface area contributed by atoms with Crippen LogP contribution in [0, 0.1) is 20.8 Å². The van der Waals surface area contributed by atoms with Crippen LogP contribution in [-0.4, -0.2) is 34.5 Å². The highest BCUT2D eigenvalue weighted by atomic mass is 32.2. The zero-order valence-corrected chi connectivity index (χ0v) is 18.2. The molecule has 0 fully saturated rings. The van der Waals surface area contributed by atoms with Gasteiger partial charge in [0.1, 0.15) is 5.82 Å². The molecule has 1 aromatic carbocycles. The van der Waals surface area contributed by atoms with E-state index in [9.17, 15) is 0 Å². The number of nitrogens with zero attached hydrogens (tertiary/aromatic N) is 7. The quantitative estimate of drug-likeness (QED) is 0.451. The molecule has 3 aromatic heterocycles. The Morgan fingerprint density at radius 1 is 1.03 bits per heavy atom. The molecule has 0 bridgehead atoms. The second-order valence-corrected chi connectivity index (χ2v) is 7.81. The molecule has 0 saturated carbocycles. The fourth-order valence-corrected chi connectivity index (χ4v) is 3.73. The third-order valence-corrected chi connectivity index (χ3v) is 5.75. The van der Waals surface area contributed by atoms with Crippen molar-refractivity contribution in [2.24, 2.45) is 0 Å². The van der Waals surface area contributed by atoms with Crippen molar-refractivity contribution >= 4 is 35.1 Å². The van der Waals surface area contributed by atoms with Crippen LogP contribution in [0.2, 0.25) is 0 Å². The lowest BCUT2D eigenvalue weighted by Gasteiger charge is -2.10. The smallest absolute Gasteiger partial charge is 0.253 e. The topological polar surface area (TPSA) is 120 Å². The van der Waals surface area contributed by atoms with Gasteiger partial charge in [-0.2, -0.15) is 19.9 Å². The van der Waals surface area contributed by atoms with E-state index < -0.39 is 0 Å². The summed E-state index contributed by atoms with van der Waals surface area (Å²) >= 11 is 1.43. The van der Waals surface area contributed by atoms with Crippen LogP contribution in [0.25, 0.3) is 5.78 Å². The van der Waals surface area contributed by atoms with Gasteiger partial charge in [0.25, 0.3) is 5.78 Å². The van der Waals surface area contributed by atoms with Crippen LogP contribution in [0.1, 0.15) is 35.3 Å². The molecule has 0 spiro atoms. The van der Waals surface area contributed by atoms with Crippen LogP contribution in [0.5, 0.6) is 0 Å². The third kappa shape index (κ3) is 4.04. The predicted molar refractivity (Wildman–Crippen MR) is 118 cm³/mol. The average molecular weight is 422 g/mol. The Balaban J connectivity index is 1.54. The summed E-state index contributed by atoms with van der Waals surface area (Å²) in [4.78, 5) is 22.0. The number of thioether (sulfide) groups is 1. The first kappa shape index (κ1) is 20.0. The van der Waals surface area contributed by atoms with E-state index in [2.05, 4.69) is 48.3 Å². The number of nitrogens with two attached hydrogens (primary N) is 1. The Labute approximate surface area is 178 Å². The number of nitrogen functional groups attached to an aromatic ring is 1. The van der Waals surface area contributed by atoms with Crippen LogP contribution in [0.4, 0.5) is 17.6 Å². The van der Waals surface area contributed by atoms with Gasteiger partial charge in [-0.15, -0.1) is 5.10 Å². The number of anilines is 3. The van der Waals surface area contributed by atoms with Crippen molar-refractivity contribution in [2.45, 2.75) is 45.0 Å². The zero-order valence-electron chi connectivity index (χ0n) is 17.3. The maximum absolute atomic E-state index is 5.91. The second-order valence-electron chi connectivity index (χ2n) is 6.87. The van der Waals surface area contributed by atoms with Crippen molar-refractivity contribution < 1.29 is 0 Å². The fourth-order valence-electron chi connectivity index (χ4n) is 3.06. The Morgan fingerprint density at radius 2 is 1.83 bits per heavy atom. The van der Waals surface area contributed by atoms with Crippen LogP contribution in [-0.2, 0) is 12.2 Å². The Bertz CT molecular complexity index is 1220. The Kier molecular flexibility index (Phi) is 5.49. The van der Waals surface area contributed by atoms with Gasteiger partial charge < -0.3 is 11.1 Å². The largest absolute Gasteiger partial charge is 0.368 e. The number of aromatic nitrogens is 7. The van der Waals surface area contributed by atoms with Gasteiger partial charge in [0.05, 0.1) is 5.75 Å². The minimum absolute atomic E-state index is 0.170. The van der Waals surface area contributed by atoms with E-state index in [1.54, 1.807) is 4.52 Å². The lowest BCUT2D eigenvalue weighted by molar-refractivity contribution is 0.831. The van der Waals surface area contributed by atoms with E-state index in [4.69, 9.17) is 5.73 Å². The molecule has 4 rings (SSSR count). The van der Waals surface area contributed by atoms with Crippen molar-refractivity contribution in [1.82, 2.24) is 34.5 Å². The van der Waals surface area contributed by atoms with Gasteiger partial charge >= 0.3 is 0 Å². The van der Waals surface area contributed by atoms with Crippen LogP contribution in [0.15, 0.2) is 29.4 Å². The number of nitrogens with one attached hydrogen (secondary N) is 1. The van der Waals surface area contributed by atoms with Gasteiger partial charge in [-0.05, 0) is 44.4 Å². The van der Waals surface area contributed by atoms with E-state index in [1.165, 1.54) is 17.3 Å². The van der Waals surface area contributed by atoms with Crippen LogP contribution in [0.3, 0.4) is 0 Å². The highest BCUT2D eigenvalue weighted by Gasteiger charge is 2.13. The van der Waals surface area contributed by atoms with Gasteiger partial charge in [0.15, 0.2) is 0 Å². The summed E-state index contributed by atoms with van der Waals surface area (Å²) in [5.74, 6) is 2.20.